The molecule has 0 aromatic heterocycles. The minimum atomic E-state index is -2.09. The van der Waals surface area contributed by atoms with Gasteiger partial charge in [-0.3, -0.25) is 0 Å². The number of rotatable bonds is 2. The minimum Gasteiger partial charge on any atom is -0.211 e. The highest BCUT2D eigenvalue weighted by Crippen LogP contribution is 2.33. The maximum absolute atomic E-state index is 11.8. The van der Waals surface area contributed by atoms with E-state index in [2.05, 4.69) is 6.92 Å². The van der Waals surface area contributed by atoms with Crippen molar-refractivity contribution >= 4 is 0 Å². The molecule has 0 aliphatic heterocycles. The fourth-order valence-electron chi connectivity index (χ4n) is 1.79. The van der Waals surface area contributed by atoms with Crippen molar-refractivity contribution in [2.75, 3.05) is 0 Å². The second-order valence-electron chi connectivity index (χ2n) is 3.41. The Morgan fingerprint density at radius 1 is 1.40 bits per heavy atom. The van der Waals surface area contributed by atoms with Gasteiger partial charge in [0.05, 0.1) is 0 Å². The Labute approximate surface area is 60.6 Å². The molecule has 0 nitrogen and oxygen atoms in total. The van der Waals surface area contributed by atoms with E-state index in [1.54, 1.807) is 0 Å². The first-order valence-electron chi connectivity index (χ1n) is 3.96. The summed E-state index contributed by atoms with van der Waals surface area (Å²) >= 11 is 0. The molecular formula is C8H14F2. The fraction of sp³-hybridized carbons (Fsp3) is 1.00. The molecule has 1 rings (SSSR count). The first-order valence-corrected chi connectivity index (χ1v) is 3.96. The molecule has 2 atom stereocenters. The van der Waals surface area contributed by atoms with Crippen LogP contribution in [0.5, 0.6) is 0 Å². The maximum atomic E-state index is 11.8. The average molecular weight is 148 g/mol. The quantitative estimate of drug-likeness (QED) is 0.564. The van der Waals surface area contributed by atoms with Crippen molar-refractivity contribution in [1.82, 2.24) is 0 Å². The highest BCUT2D eigenvalue weighted by atomic mass is 19.3. The molecule has 1 fully saturated rings. The molecule has 2 heteroatoms. The summed E-state index contributed by atoms with van der Waals surface area (Å²) in [6.45, 7) is 2.14. The van der Waals surface area contributed by atoms with Crippen LogP contribution in [0.25, 0.3) is 0 Å². The van der Waals surface area contributed by atoms with E-state index in [9.17, 15) is 8.78 Å². The van der Waals surface area contributed by atoms with E-state index in [0.29, 0.717) is 11.8 Å². The molecule has 1 aliphatic carbocycles. The summed E-state index contributed by atoms with van der Waals surface area (Å²) in [6, 6.07) is 0. The van der Waals surface area contributed by atoms with E-state index in [4.69, 9.17) is 0 Å². The summed E-state index contributed by atoms with van der Waals surface area (Å²) in [6.07, 6.45) is 1.23. The third-order valence-corrected chi connectivity index (χ3v) is 2.31. The van der Waals surface area contributed by atoms with E-state index in [-0.39, 0.29) is 6.42 Å². The van der Waals surface area contributed by atoms with Crippen molar-refractivity contribution in [3.8, 4) is 0 Å². The monoisotopic (exact) mass is 148 g/mol. The van der Waals surface area contributed by atoms with Gasteiger partial charge in [0, 0.05) is 6.42 Å². The van der Waals surface area contributed by atoms with Crippen molar-refractivity contribution in [2.24, 2.45) is 11.8 Å². The van der Waals surface area contributed by atoms with E-state index in [0.717, 1.165) is 19.3 Å². The van der Waals surface area contributed by atoms with Crippen LogP contribution < -0.4 is 0 Å². The van der Waals surface area contributed by atoms with Crippen LogP contribution in [0, 0.1) is 11.8 Å². The summed E-state index contributed by atoms with van der Waals surface area (Å²) in [4.78, 5) is 0. The van der Waals surface area contributed by atoms with Crippen LogP contribution >= 0.6 is 0 Å². The lowest BCUT2D eigenvalue weighted by Gasteiger charge is -2.06. The van der Waals surface area contributed by atoms with Crippen LogP contribution in [-0.2, 0) is 0 Å². The van der Waals surface area contributed by atoms with Gasteiger partial charge in [-0.05, 0) is 24.7 Å². The number of halogens is 2. The van der Waals surface area contributed by atoms with Crippen molar-refractivity contribution in [3.63, 3.8) is 0 Å². The molecule has 0 saturated heterocycles. The molecule has 2 unspecified atom stereocenters. The van der Waals surface area contributed by atoms with Gasteiger partial charge in [-0.25, -0.2) is 8.78 Å². The second kappa shape index (κ2) is 3.31. The first-order chi connectivity index (χ1) is 4.68. The number of hydrogen-bond donors (Lipinski definition) is 0. The molecule has 10 heavy (non-hydrogen) atoms. The second-order valence-corrected chi connectivity index (χ2v) is 3.41. The van der Waals surface area contributed by atoms with Crippen molar-refractivity contribution in [1.29, 1.82) is 0 Å². The highest BCUT2D eigenvalue weighted by molar-refractivity contribution is 4.72. The van der Waals surface area contributed by atoms with Crippen LogP contribution in [0.1, 0.15) is 32.6 Å². The average Bonchev–Trinajstić information content (AvgIpc) is 2.13. The summed E-state index contributed by atoms with van der Waals surface area (Å²) in [5.41, 5.74) is 0. The molecular weight excluding hydrogens is 134 g/mol. The molecule has 0 spiro atoms. The first kappa shape index (κ1) is 7.96. The number of alkyl halides is 2. The van der Waals surface area contributed by atoms with Gasteiger partial charge in [0.2, 0.25) is 6.43 Å². The summed E-state index contributed by atoms with van der Waals surface area (Å²) < 4.78 is 23.6. The van der Waals surface area contributed by atoms with Crippen LogP contribution in [0.3, 0.4) is 0 Å². The van der Waals surface area contributed by atoms with Gasteiger partial charge in [0.25, 0.3) is 0 Å². The zero-order chi connectivity index (χ0) is 7.56. The van der Waals surface area contributed by atoms with Crippen LogP contribution in [0.15, 0.2) is 0 Å². The lowest BCUT2D eigenvalue weighted by atomic mass is 10.0. The van der Waals surface area contributed by atoms with Crippen molar-refractivity contribution in [3.05, 3.63) is 0 Å². The van der Waals surface area contributed by atoms with Gasteiger partial charge in [-0.15, -0.1) is 0 Å². The third kappa shape index (κ3) is 2.24. The third-order valence-electron chi connectivity index (χ3n) is 2.31. The Balaban J connectivity index is 2.18. The smallest absolute Gasteiger partial charge is 0.211 e. The lowest BCUT2D eigenvalue weighted by molar-refractivity contribution is 0.115. The molecule has 1 saturated carbocycles. The van der Waals surface area contributed by atoms with Gasteiger partial charge in [-0.1, -0.05) is 13.3 Å². The van der Waals surface area contributed by atoms with Gasteiger partial charge in [0.1, 0.15) is 0 Å². The van der Waals surface area contributed by atoms with E-state index < -0.39 is 6.43 Å². The topological polar surface area (TPSA) is 0 Å². The Hall–Kier alpha value is -0.140. The zero-order valence-electron chi connectivity index (χ0n) is 6.32. The molecule has 0 radical (unpaired) electrons. The molecule has 60 valence electrons. The summed E-state index contributed by atoms with van der Waals surface area (Å²) in [7, 11) is 0. The minimum absolute atomic E-state index is 0.129. The Morgan fingerprint density at radius 2 is 2.10 bits per heavy atom. The molecule has 0 aromatic rings. The standard InChI is InChI=1S/C8H14F2/c1-6-2-3-7(4-6)5-8(9)10/h6-8H,2-5H2,1H3. The summed E-state index contributed by atoms with van der Waals surface area (Å²) in [5, 5.41) is 0. The van der Waals surface area contributed by atoms with Crippen LogP contribution in [-0.4, -0.2) is 6.43 Å². The summed E-state index contributed by atoms with van der Waals surface area (Å²) in [5.74, 6) is 0.999. The lowest BCUT2D eigenvalue weighted by Crippen LogP contribution is -2.01. The Bertz CT molecular complexity index is 101. The normalized spacial score (nSPS) is 33.6. The van der Waals surface area contributed by atoms with Crippen LogP contribution in [0.4, 0.5) is 8.78 Å². The molecule has 0 N–H and O–H groups in total. The maximum Gasteiger partial charge on any atom is 0.238 e. The van der Waals surface area contributed by atoms with Crippen molar-refractivity contribution in [2.45, 2.75) is 39.0 Å². The van der Waals surface area contributed by atoms with E-state index >= 15 is 0 Å². The van der Waals surface area contributed by atoms with Gasteiger partial charge in [-0.2, -0.15) is 0 Å². The predicted molar refractivity (Wildman–Crippen MR) is 37.1 cm³/mol. The Kier molecular flexibility index (Phi) is 2.64. The Morgan fingerprint density at radius 3 is 2.50 bits per heavy atom. The fourth-order valence-corrected chi connectivity index (χ4v) is 1.79. The van der Waals surface area contributed by atoms with Crippen molar-refractivity contribution < 1.29 is 8.78 Å². The molecule has 0 aromatic carbocycles. The van der Waals surface area contributed by atoms with Gasteiger partial charge < -0.3 is 0 Å². The highest BCUT2D eigenvalue weighted by Gasteiger charge is 2.23. The molecule has 0 bridgehead atoms. The van der Waals surface area contributed by atoms with Crippen LogP contribution in [0.2, 0.25) is 0 Å². The zero-order valence-corrected chi connectivity index (χ0v) is 6.32. The molecule has 0 amide bonds. The molecule has 0 heterocycles. The number of hydrogen-bond acceptors (Lipinski definition) is 0. The largest absolute Gasteiger partial charge is 0.238 e. The molecule has 1 aliphatic rings. The van der Waals surface area contributed by atoms with E-state index in [1.807, 2.05) is 0 Å². The van der Waals surface area contributed by atoms with Gasteiger partial charge in [0.15, 0.2) is 0 Å². The van der Waals surface area contributed by atoms with Gasteiger partial charge >= 0.3 is 0 Å². The predicted octanol–water partition coefficient (Wildman–Crippen LogP) is 3.08. The SMILES string of the molecule is CC1CCC(CC(F)F)C1. The van der Waals surface area contributed by atoms with E-state index in [1.165, 1.54) is 0 Å².